The maximum atomic E-state index is 12.0. The highest BCUT2D eigenvalue weighted by Crippen LogP contribution is 2.31. The maximum absolute atomic E-state index is 12.0. The molecule has 0 radical (unpaired) electrons. The van der Waals surface area contributed by atoms with E-state index in [2.05, 4.69) is 21.2 Å². The Morgan fingerprint density at radius 2 is 1.70 bits per heavy atom. The van der Waals surface area contributed by atoms with Crippen LogP contribution in [0.1, 0.15) is 31.1 Å². The highest BCUT2D eigenvalue weighted by molar-refractivity contribution is 9.10. The van der Waals surface area contributed by atoms with Crippen LogP contribution < -0.4 is 5.32 Å². The lowest BCUT2D eigenvalue weighted by atomic mass is 10.00. The Morgan fingerprint density at radius 1 is 1.07 bits per heavy atom. The van der Waals surface area contributed by atoms with Gasteiger partial charge in [0.05, 0.1) is 0 Å². The number of carbonyl (C=O) groups excluding carboxylic acids is 2. The minimum absolute atomic E-state index is 0.252. The van der Waals surface area contributed by atoms with Gasteiger partial charge in [0, 0.05) is 35.8 Å². The fourth-order valence-electron chi connectivity index (χ4n) is 2.63. The van der Waals surface area contributed by atoms with Gasteiger partial charge in [-0.3, -0.25) is 0 Å². The number of nitrogens with one attached hydrogen (secondary N) is 1. The summed E-state index contributed by atoms with van der Waals surface area (Å²) in [5.74, 6) is -2.84. The molecule has 2 N–H and O–H groups in total. The molecule has 1 unspecified atom stereocenters. The quantitative estimate of drug-likeness (QED) is 0.436. The third-order valence-corrected chi connectivity index (χ3v) is 4.41. The summed E-state index contributed by atoms with van der Waals surface area (Å²) in [6, 6.07) is 14.4. The van der Waals surface area contributed by atoms with E-state index in [9.17, 15) is 14.7 Å². The minimum atomic E-state index is -1.29. The number of benzene rings is 2. The molecule has 1 saturated heterocycles. The average molecular weight is 432 g/mol. The average Bonchev–Trinajstić information content (AvgIpc) is 2.61. The zero-order valence-electron chi connectivity index (χ0n) is 14.7. The number of carbonyl (C=O) groups is 2. The molecule has 6 nitrogen and oxygen atoms in total. The summed E-state index contributed by atoms with van der Waals surface area (Å²) < 4.78 is 10.9. The summed E-state index contributed by atoms with van der Waals surface area (Å²) in [6.07, 6.45) is 0.332. The van der Waals surface area contributed by atoms with Crippen molar-refractivity contribution < 1.29 is 24.2 Å². The Morgan fingerprint density at radius 3 is 2.33 bits per heavy atom. The Bertz CT molecular complexity index is 886. The molecule has 0 spiro atoms. The Hall–Kier alpha value is -2.64. The number of halogens is 1. The van der Waals surface area contributed by atoms with Gasteiger partial charge in [-0.1, -0.05) is 46.3 Å². The Kier molecular flexibility index (Phi) is 5.34. The lowest BCUT2D eigenvalue weighted by molar-refractivity contribution is -0.222. The van der Waals surface area contributed by atoms with Gasteiger partial charge in [0.2, 0.25) is 0 Å². The summed E-state index contributed by atoms with van der Waals surface area (Å²) in [5.41, 5.74) is 1.57. The van der Waals surface area contributed by atoms with E-state index in [1.165, 1.54) is 20.0 Å². The lowest BCUT2D eigenvalue weighted by Crippen LogP contribution is -2.42. The SMILES string of the molecule is CC1(C)OC(=O)C(=CNc2ccc(Br)cc2C(O)c2ccccc2)C(=O)O1. The minimum Gasteiger partial charge on any atom is -0.419 e. The van der Waals surface area contributed by atoms with Crippen molar-refractivity contribution in [3.05, 3.63) is 75.9 Å². The lowest BCUT2D eigenvalue weighted by Gasteiger charge is -2.29. The van der Waals surface area contributed by atoms with E-state index in [1.807, 2.05) is 30.3 Å². The predicted octanol–water partition coefficient (Wildman–Crippen LogP) is 3.66. The van der Waals surface area contributed by atoms with Gasteiger partial charge in [-0.05, 0) is 23.8 Å². The maximum Gasteiger partial charge on any atom is 0.350 e. The first-order valence-corrected chi connectivity index (χ1v) is 9.02. The van der Waals surface area contributed by atoms with Crippen LogP contribution in [0.4, 0.5) is 5.69 Å². The van der Waals surface area contributed by atoms with Crippen LogP contribution in [0.15, 0.2) is 64.8 Å². The predicted molar refractivity (Wildman–Crippen MR) is 103 cm³/mol. The number of cyclic esters (lactones) is 2. The van der Waals surface area contributed by atoms with Gasteiger partial charge in [-0.2, -0.15) is 0 Å². The Balaban J connectivity index is 1.90. The molecule has 27 heavy (non-hydrogen) atoms. The molecule has 0 saturated carbocycles. The molecule has 0 amide bonds. The fourth-order valence-corrected chi connectivity index (χ4v) is 3.01. The van der Waals surface area contributed by atoms with Crippen LogP contribution in [0.3, 0.4) is 0 Å². The monoisotopic (exact) mass is 431 g/mol. The number of hydrogen-bond donors (Lipinski definition) is 2. The van der Waals surface area contributed by atoms with Crippen LogP contribution in [-0.4, -0.2) is 22.8 Å². The summed E-state index contributed by atoms with van der Waals surface area (Å²) in [7, 11) is 0. The number of rotatable bonds is 4. The molecule has 1 fully saturated rings. The third-order valence-electron chi connectivity index (χ3n) is 3.91. The number of esters is 2. The number of aliphatic hydroxyl groups excluding tert-OH is 1. The molecule has 2 aromatic carbocycles. The van der Waals surface area contributed by atoms with Crippen molar-refractivity contribution in [1.29, 1.82) is 0 Å². The molecule has 2 aromatic rings. The van der Waals surface area contributed by atoms with E-state index in [1.54, 1.807) is 18.2 Å². The van der Waals surface area contributed by atoms with Crippen LogP contribution in [-0.2, 0) is 19.1 Å². The molecule has 0 aliphatic carbocycles. The largest absolute Gasteiger partial charge is 0.419 e. The molecule has 1 heterocycles. The molecule has 1 aliphatic rings. The van der Waals surface area contributed by atoms with Crippen molar-refractivity contribution in [2.45, 2.75) is 25.7 Å². The van der Waals surface area contributed by atoms with Crippen molar-refractivity contribution in [3.8, 4) is 0 Å². The number of aliphatic hydroxyl groups is 1. The molecule has 1 aliphatic heterocycles. The van der Waals surface area contributed by atoms with Crippen molar-refractivity contribution in [3.63, 3.8) is 0 Å². The van der Waals surface area contributed by atoms with Crippen LogP contribution in [0.2, 0.25) is 0 Å². The molecule has 0 aromatic heterocycles. The highest BCUT2D eigenvalue weighted by Gasteiger charge is 2.39. The van der Waals surface area contributed by atoms with Gasteiger partial charge >= 0.3 is 11.9 Å². The first-order valence-electron chi connectivity index (χ1n) is 8.23. The second-order valence-corrected chi connectivity index (χ2v) is 7.34. The fraction of sp³-hybridized carbons (Fsp3) is 0.200. The summed E-state index contributed by atoms with van der Waals surface area (Å²) in [5, 5.41) is 13.6. The standard InChI is InChI=1S/C20H18BrNO5/c1-20(2)26-18(24)15(19(25)27-20)11-22-16-9-8-13(21)10-14(16)17(23)12-6-4-3-5-7-12/h3-11,17,22-23H,1-2H3. The van der Waals surface area contributed by atoms with E-state index >= 15 is 0 Å². The van der Waals surface area contributed by atoms with Gasteiger partial charge < -0.3 is 19.9 Å². The van der Waals surface area contributed by atoms with E-state index in [0.717, 1.165) is 4.47 Å². The van der Waals surface area contributed by atoms with Gasteiger partial charge in [0.15, 0.2) is 5.57 Å². The zero-order chi connectivity index (χ0) is 19.6. The van der Waals surface area contributed by atoms with Crippen LogP contribution in [0, 0.1) is 0 Å². The molecular formula is C20H18BrNO5. The van der Waals surface area contributed by atoms with Gasteiger partial charge in [0.1, 0.15) is 6.10 Å². The van der Waals surface area contributed by atoms with Gasteiger partial charge in [0.25, 0.3) is 5.79 Å². The van der Waals surface area contributed by atoms with E-state index < -0.39 is 23.8 Å². The van der Waals surface area contributed by atoms with Gasteiger partial charge in [-0.25, -0.2) is 9.59 Å². The van der Waals surface area contributed by atoms with Crippen LogP contribution in [0.5, 0.6) is 0 Å². The summed E-state index contributed by atoms with van der Waals surface area (Å²) >= 11 is 3.39. The third kappa shape index (κ3) is 4.37. The van der Waals surface area contributed by atoms with Crippen molar-refractivity contribution >= 4 is 33.6 Å². The first-order chi connectivity index (χ1) is 12.8. The number of hydrogen-bond acceptors (Lipinski definition) is 6. The number of ether oxygens (including phenoxy) is 2. The van der Waals surface area contributed by atoms with E-state index in [4.69, 9.17) is 9.47 Å². The molecule has 140 valence electrons. The van der Waals surface area contributed by atoms with Crippen LogP contribution in [0.25, 0.3) is 0 Å². The topological polar surface area (TPSA) is 84.9 Å². The van der Waals surface area contributed by atoms with E-state index in [-0.39, 0.29) is 5.57 Å². The second kappa shape index (κ2) is 7.54. The molecule has 3 rings (SSSR count). The molecule has 1 atom stereocenters. The summed E-state index contributed by atoms with van der Waals surface area (Å²) in [6.45, 7) is 2.96. The van der Waals surface area contributed by atoms with Crippen molar-refractivity contribution in [2.24, 2.45) is 0 Å². The van der Waals surface area contributed by atoms with Gasteiger partial charge in [-0.15, -0.1) is 0 Å². The second-order valence-electron chi connectivity index (χ2n) is 6.43. The van der Waals surface area contributed by atoms with Crippen LogP contribution >= 0.6 is 15.9 Å². The number of anilines is 1. The first kappa shape index (κ1) is 19.1. The molecule has 0 bridgehead atoms. The highest BCUT2D eigenvalue weighted by atomic mass is 79.9. The smallest absolute Gasteiger partial charge is 0.350 e. The van der Waals surface area contributed by atoms with Crippen molar-refractivity contribution in [1.82, 2.24) is 0 Å². The zero-order valence-corrected chi connectivity index (χ0v) is 16.3. The van der Waals surface area contributed by atoms with Crippen molar-refractivity contribution in [2.75, 3.05) is 5.32 Å². The molecule has 7 heteroatoms. The Labute approximate surface area is 164 Å². The van der Waals surface area contributed by atoms with E-state index in [0.29, 0.717) is 16.8 Å². The normalized spacial score (nSPS) is 17.0. The summed E-state index contributed by atoms with van der Waals surface area (Å²) in [4.78, 5) is 24.1. The molecular weight excluding hydrogens is 414 g/mol.